The minimum atomic E-state index is -0.381. The standard InChI is InChI=1S/C21H19FN6O2S/c1-12-4-3-5-13(10-12)19-25-20(30-27-19)17-18(23)28(26-21(17)31-2)11-16(29)24-15-8-6-14(22)7-9-15/h3-10H,11,23H2,1-2H3,(H,24,29). The molecule has 0 spiro atoms. The monoisotopic (exact) mass is 438 g/mol. The lowest BCUT2D eigenvalue weighted by Crippen LogP contribution is -2.20. The average Bonchev–Trinajstić information content (AvgIpc) is 3.34. The number of nitrogen functional groups attached to an aromatic ring is 1. The van der Waals surface area contributed by atoms with Gasteiger partial charge in [0.15, 0.2) is 0 Å². The summed E-state index contributed by atoms with van der Waals surface area (Å²) in [5, 5.41) is 11.7. The van der Waals surface area contributed by atoms with Gasteiger partial charge < -0.3 is 15.6 Å². The van der Waals surface area contributed by atoms with E-state index >= 15 is 0 Å². The second-order valence-electron chi connectivity index (χ2n) is 6.77. The van der Waals surface area contributed by atoms with Crippen LogP contribution in [0.15, 0.2) is 58.1 Å². The van der Waals surface area contributed by atoms with Crippen LogP contribution < -0.4 is 11.1 Å². The molecule has 158 valence electrons. The van der Waals surface area contributed by atoms with E-state index < -0.39 is 0 Å². The Morgan fingerprint density at radius 3 is 2.74 bits per heavy atom. The zero-order valence-electron chi connectivity index (χ0n) is 16.8. The Hall–Kier alpha value is -3.66. The van der Waals surface area contributed by atoms with Crippen LogP contribution in [0.25, 0.3) is 22.8 Å². The van der Waals surface area contributed by atoms with E-state index in [2.05, 4.69) is 20.6 Å². The molecule has 0 aliphatic heterocycles. The fraction of sp³-hybridized carbons (Fsp3) is 0.143. The Kier molecular flexibility index (Phi) is 5.72. The third-order valence-electron chi connectivity index (χ3n) is 4.49. The highest BCUT2D eigenvalue weighted by Gasteiger charge is 2.23. The third-order valence-corrected chi connectivity index (χ3v) is 5.16. The summed E-state index contributed by atoms with van der Waals surface area (Å²) >= 11 is 1.35. The number of thioether (sulfide) groups is 1. The van der Waals surface area contributed by atoms with E-state index in [0.717, 1.165) is 11.1 Å². The maximum Gasteiger partial charge on any atom is 0.264 e. The first-order valence-electron chi connectivity index (χ1n) is 9.31. The third kappa shape index (κ3) is 4.43. The molecule has 4 aromatic rings. The van der Waals surface area contributed by atoms with E-state index in [-0.39, 0.29) is 30.0 Å². The molecule has 10 heteroatoms. The number of nitrogens with zero attached hydrogens (tertiary/aromatic N) is 4. The largest absolute Gasteiger partial charge is 0.383 e. The number of carbonyl (C=O) groups is 1. The fourth-order valence-electron chi connectivity index (χ4n) is 3.01. The van der Waals surface area contributed by atoms with Gasteiger partial charge in [-0.25, -0.2) is 9.07 Å². The molecule has 2 aromatic heterocycles. The number of aryl methyl sites for hydroxylation is 1. The van der Waals surface area contributed by atoms with Gasteiger partial charge in [-0.2, -0.15) is 10.1 Å². The van der Waals surface area contributed by atoms with Gasteiger partial charge in [-0.15, -0.1) is 11.8 Å². The number of anilines is 2. The molecule has 2 aromatic carbocycles. The fourth-order valence-corrected chi connectivity index (χ4v) is 3.59. The molecule has 0 fully saturated rings. The smallest absolute Gasteiger partial charge is 0.264 e. The lowest BCUT2D eigenvalue weighted by Gasteiger charge is -2.06. The SMILES string of the molecule is CSc1nn(CC(=O)Nc2ccc(F)cc2)c(N)c1-c1nc(-c2cccc(C)c2)no1. The highest BCUT2D eigenvalue weighted by Crippen LogP contribution is 2.34. The molecule has 0 saturated heterocycles. The molecule has 1 amide bonds. The number of rotatable bonds is 6. The first-order valence-corrected chi connectivity index (χ1v) is 10.5. The summed E-state index contributed by atoms with van der Waals surface area (Å²) in [6, 6.07) is 13.2. The summed E-state index contributed by atoms with van der Waals surface area (Å²) in [5.74, 6) is 0.160. The van der Waals surface area contributed by atoms with Crippen molar-refractivity contribution in [3.63, 3.8) is 0 Å². The molecule has 4 rings (SSSR count). The van der Waals surface area contributed by atoms with Crippen molar-refractivity contribution in [3.8, 4) is 22.8 Å². The minimum absolute atomic E-state index is 0.129. The summed E-state index contributed by atoms with van der Waals surface area (Å²) in [6.07, 6.45) is 1.84. The van der Waals surface area contributed by atoms with Gasteiger partial charge in [-0.3, -0.25) is 4.79 Å². The van der Waals surface area contributed by atoms with Gasteiger partial charge in [0.2, 0.25) is 11.7 Å². The molecular weight excluding hydrogens is 419 g/mol. The van der Waals surface area contributed by atoms with Gasteiger partial charge >= 0.3 is 0 Å². The molecule has 8 nitrogen and oxygen atoms in total. The van der Waals surface area contributed by atoms with Crippen LogP contribution >= 0.6 is 11.8 Å². The zero-order chi connectivity index (χ0) is 22.0. The van der Waals surface area contributed by atoms with Crippen LogP contribution in [-0.2, 0) is 11.3 Å². The van der Waals surface area contributed by atoms with Gasteiger partial charge in [-0.05, 0) is 43.5 Å². The Balaban J connectivity index is 1.58. The van der Waals surface area contributed by atoms with Crippen LogP contribution in [0.3, 0.4) is 0 Å². The van der Waals surface area contributed by atoms with Gasteiger partial charge in [0.1, 0.15) is 28.8 Å². The van der Waals surface area contributed by atoms with E-state index in [1.807, 2.05) is 37.4 Å². The maximum atomic E-state index is 13.0. The van der Waals surface area contributed by atoms with Gasteiger partial charge in [0, 0.05) is 11.3 Å². The Labute approximate surface area is 181 Å². The number of nitrogens with two attached hydrogens (primary N) is 1. The van der Waals surface area contributed by atoms with Crippen molar-refractivity contribution >= 4 is 29.2 Å². The van der Waals surface area contributed by atoms with Crippen molar-refractivity contribution < 1.29 is 13.7 Å². The Morgan fingerprint density at radius 2 is 2.03 bits per heavy atom. The van der Waals surface area contributed by atoms with Crippen molar-refractivity contribution in [1.82, 2.24) is 19.9 Å². The second-order valence-corrected chi connectivity index (χ2v) is 7.57. The van der Waals surface area contributed by atoms with Crippen molar-refractivity contribution in [1.29, 1.82) is 0 Å². The number of nitrogens with one attached hydrogen (secondary N) is 1. The van der Waals surface area contributed by atoms with Crippen molar-refractivity contribution in [2.24, 2.45) is 0 Å². The van der Waals surface area contributed by atoms with Crippen LogP contribution in [0.1, 0.15) is 5.56 Å². The maximum absolute atomic E-state index is 13.0. The van der Waals surface area contributed by atoms with Crippen molar-refractivity contribution in [2.45, 2.75) is 18.5 Å². The predicted molar refractivity (Wildman–Crippen MR) is 117 cm³/mol. The van der Waals surface area contributed by atoms with Gasteiger partial charge in [-0.1, -0.05) is 28.9 Å². The van der Waals surface area contributed by atoms with Crippen LogP contribution in [0.2, 0.25) is 0 Å². The summed E-state index contributed by atoms with van der Waals surface area (Å²) in [6.45, 7) is 1.85. The van der Waals surface area contributed by atoms with Gasteiger partial charge in [0.05, 0.1) is 0 Å². The van der Waals surface area contributed by atoms with E-state index in [0.29, 0.717) is 22.1 Å². The zero-order valence-corrected chi connectivity index (χ0v) is 17.6. The first kappa shape index (κ1) is 20.6. The van der Waals surface area contributed by atoms with Crippen molar-refractivity contribution in [2.75, 3.05) is 17.3 Å². The van der Waals surface area contributed by atoms with E-state index in [1.54, 1.807) is 0 Å². The summed E-state index contributed by atoms with van der Waals surface area (Å²) < 4.78 is 19.9. The molecule has 0 unspecified atom stereocenters. The van der Waals surface area contributed by atoms with E-state index in [9.17, 15) is 9.18 Å². The lowest BCUT2D eigenvalue weighted by molar-refractivity contribution is -0.116. The minimum Gasteiger partial charge on any atom is -0.383 e. The number of hydrogen-bond acceptors (Lipinski definition) is 7. The number of benzene rings is 2. The summed E-state index contributed by atoms with van der Waals surface area (Å²) in [7, 11) is 0. The second kappa shape index (κ2) is 8.60. The van der Waals surface area contributed by atoms with Gasteiger partial charge in [0.25, 0.3) is 5.89 Å². The Morgan fingerprint density at radius 1 is 1.26 bits per heavy atom. The highest BCUT2D eigenvalue weighted by atomic mass is 32.2. The molecule has 31 heavy (non-hydrogen) atoms. The van der Waals surface area contributed by atoms with E-state index in [1.165, 1.54) is 40.7 Å². The summed E-state index contributed by atoms with van der Waals surface area (Å²) in [5.41, 5.74) is 9.13. The summed E-state index contributed by atoms with van der Waals surface area (Å²) in [4.78, 5) is 16.9. The van der Waals surface area contributed by atoms with Crippen LogP contribution in [-0.4, -0.2) is 32.1 Å². The molecule has 0 aliphatic carbocycles. The van der Waals surface area contributed by atoms with Crippen LogP contribution in [0, 0.1) is 12.7 Å². The first-order chi connectivity index (χ1) is 14.9. The predicted octanol–water partition coefficient (Wildman–Crippen LogP) is 3.99. The molecule has 0 saturated carbocycles. The van der Waals surface area contributed by atoms with Crippen LogP contribution in [0.4, 0.5) is 15.9 Å². The molecule has 2 heterocycles. The molecule has 0 bridgehead atoms. The molecule has 3 N–H and O–H groups in total. The average molecular weight is 438 g/mol. The lowest BCUT2D eigenvalue weighted by atomic mass is 10.1. The number of amides is 1. The van der Waals surface area contributed by atoms with E-state index in [4.69, 9.17) is 10.3 Å². The van der Waals surface area contributed by atoms with Crippen LogP contribution in [0.5, 0.6) is 0 Å². The number of aromatic nitrogens is 4. The molecular formula is C21H19FN6O2S. The molecule has 0 radical (unpaired) electrons. The normalized spacial score (nSPS) is 10.9. The molecule has 0 atom stereocenters. The Bertz CT molecular complexity index is 1240. The topological polar surface area (TPSA) is 112 Å². The number of halogens is 1. The quantitative estimate of drug-likeness (QED) is 0.438. The number of carbonyl (C=O) groups excluding carboxylic acids is 1. The molecule has 0 aliphatic rings. The van der Waals surface area contributed by atoms with Crippen molar-refractivity contribution in [3.05, 3.63) is 59.9 Å². The highest BCUT2D eigenvalue weighted by molar-refractivity contribution is 7.98. The number of hydrogen-bond donors (Lipinski definition) is 2.